The van der Waals surface area contributed by atoms with Gasteiger partial charge in [-0.05, 0) is 55.0 Å². The maximum atomic E-state index is 14.0. The van der Waals surface area contributed by atoms with Crippen LogP contribution in [0.4, 0.5) is 4.39 Å². The van der Waals surface area contributed by atoms with Gasteiger partial charge in [-0.25, -0.2) is 4.39 Å². The smallest absolute Gasteiger partial charge is 0.235 e. The van der Waals surface area contributed by atoms with Crippen LogP contribution in [-0.4, -0.2) is 0 Å². The van der Waals surface area contributed by atoms with E-state index in [4.69, 9.17) is 32.4 Å². The van der Waals surface area contributed by atoms with Gasteiger partial charge in [0.1, 0.15) is 18.0 Å². The van der Waals surface area contributed by atoms with Gasteiger partial charge in [-0.15, -0.1) is 0 Å². The van der Waals surface area contributed by atoms with Crippen molar-refractivity contribution in [2.75, 3.05) is 0 Å². The molecular weight excluding hydrogens is 414 g/mol. The predicted octanol–water partition coefficient (Wildman–Crippen LogP) is 6.79. The van der Waals surface area contributed by atoms with Crippen molar-refractivity contribution < 1.29 is 13.5 Å². The number of hydrogen-bond donors (Lipinski definition) is 0. The molecule has 146 valence electrons. The van der Waals surface area contributed by atoms with Crippen LogP contribution in [0.3, 0.4) is 0 Å². The predicted molar refractivity (Wildman–Crippen MR) is 113 cm³/mol. The number of benzene rings is 3. The zero-order valence-corrected chi connectivity index (χ0v) is 16.9. The molecule has 0 saturated heterocycles. The zero-order valence-electron chi connectivity index (χ0n) is 15.3. The van der Waals surface area contributed by atoms with Crippen LogP contribution in [0.25, 0.3) is 22.3 Å². The van der Waals surface area contributed by atoms with Crippen LogP contribution in [0.2, 0.25) is 10.0 Å². The van der Waals surface area contributed by atoms with Gasteiger partial charge in [-0.3, -0.25) is 4.79 Å². The van der Waals surface area contributed by atoms with E-state index in [2.05, 4.69) is 0 Å². The van der Waals surface area contributed by atoms with Gasteiger partial charge in [0.05, 0.1) is 5.39 Å². The van der Waals surface area contributed by atoms with E-state index in [1.54, 1.807) is 54.6 Å². The fourth-order valence-electron chi connectivity index (χ4n) is 2.99. The van der Waals surface area contributed by atoms with Crippen molar-refractivity contribution in [1.82, 2.24) is 0 Å². The van der Waals surface area contributed by atoms with Gasteiger partial charge in [-0.2, -0.15) is 0 Å². The van der Waals surface area contributed by atoms with Crippen molar-refractivity contribution in [1.29, 1.82) is 0 Å². The Morgan fingerprint density at radius 2 is 1.76 bits per heavy atom. The lowest BCUT2D eigenvalue weighted by Crippen LogP contribution is -2.11. The molecule has 1 aromatic heterocycles. The highest BCUT2D eigenvalue weighted by molar-refractivity contribution is 6.32. The summed E-state index contributed by atoms with van der Waals surface area (Å²) >= 11 is 12.2. The lowest BCUT2D eigenvalue weighted by atomic mass is 10.1. The van der Waals surface area contributed by atoms with E-state index in [-0.39, 0.29) is 23.5 Å². The summed E-state index contributed by atoms with van der Waals surface area (Å²) in [6.45, 7) is 1.70. The Kier molecular flexibility index (Phi) is 5.31. The Balaban J connectivity index is 1.89. The Labute approximate surface area is 176 Å². The minimum Gasteiger partial charge on any atom is -0.481 e. The molecule has 6 heteroatoms. The summed E-state index contributed by atoms with van der Waals surface area (Å²) in [6, 6.07) is 16.3. The number of aryl methyl sites for hydroxylation is 1. The third-order valence-electron chi connectivity index (χ3n) is 4.57. The van der Waals surface area contributed by atoms with Gasteiger partial charge in [0, 0.05) is 21.2 Å². The molecule has 4 aromatic rings. The van der Waals surface area contributed by atoms with E-state index in [9.17, 15) is 9.18 Å². The third kappa shape index (κ3) is 3.86. The molecule has 1 heterocycles. The van der Waals surface area contributed by atoms with Crippen LogP contribution < -0.4 is 10.2 Å². The lowest BCUT2D eigenvalue weighted by molar-refractivity contribution is 0.292. The van der Waals surface area contributed by atoms with Crippen molar-refractivity contribution in [2.24, 2.45) is 0 Å². The average Bonchev–Trinajstić information content (AvgIpc) is 2.70. The lowest BCUT2D eigenvalue weighted by Gasteiger charge is -2.13. The van der Waals surface area contributed by atoms with E-state index in [1.165, 1.54) is 6.07 Å². The van der Waals surface area contributed by atoms with Crippen LogP contribution in [0.15, 0.2) is 69.9 Å². The van der Waals surface area contributed by atoms with E-state index < -0.39 is 5.82 Å². The molecule has 0 aliphatic heterocycles. The minimum atomic E-state index is -0.413. The molecule has 3 aromatic carbocycles. The SMILES string of the molecule is Cc1cc2oc(-c3ccc(Cl)cc3)c(OCc3ccccc3F)c(=O)c2cc1Cl. The molecule has 0 saturated carbocycles. The molecule has 0 N–H and O–H groups in total. The highest BCUT2D eigenvalue weighted by Gasteiger charge is 2.19. The fourth-order valence-corrected chi connectivity index (χ4v) is 3.28. The maximum absolute atomic E-state index is 14.0. The first-order valence-electron chi connectivity index (χ1n) is 8.83. The van der Waals surface area contributed by atoms with Crippen molar-refractivity contribution in [3.8, 4) is 17.1 Å². The molecule has 0 unspecified atom stereocenters. The molecule has 0 bridgehead atoms. The van der Waals surface area contributed by atoms with Crippen molar-refractivity contribution >= 4 is 34.2 Å². The summed E-state index contributed by atoms with van der Waals surface area (Å²) in [5, 5.41) is 1.29. The summed E-state index contributed by atoms with van der Waals surface area (Å²) in [4.78, 5) is 13.2. The van der Waals surface area contributed by atoms with Crippen molar-refractivity contribution in [3.05, 3.63) is 97.9 Å². The average molecular weight is 429 g/mol. The molecular formula is C23H15Cl2FO3. The molecule has 4 rings (SSSR count). The van der Waals surface area contributed by atoms with Gasteiger partial charge in [0.2, 0.25) is 11.2 Å². The second kappa shape index (κ2) is 7.90. The standard InChI is InChI=1S/C23H15Cl2FO3/c1-13-10-20-17(11-18(13)25)21(27)23(28-12-15-4-2-3-5-19(15)26)22(29-20)14-6-8-16(24)9-7-14/h2-11H,12H2,1H3. The summed E-state index contributed by atoms with van der Waals surface area (Å²) in [7, 11) is 0. The first-order chi connectivity index (χ1) is 13.9. The Morgan fingerprint density at radius 3 is 2.48 bits per heavy atom. The normalized spacial score (nSPS) is 11.0. The molecule has 0 fully saturated rings. The molecule has 0 aliphatic carbocycles. The fraction of sp³-hybridized carbons (Fsp3) is 0.0870. The van der Waals surface area contributed by atoms with E-state index in [1.807, 2.05) is 6.92 Å². The third-order valence-corrected chi connectivity index (χ3v) is 5.23. The van der Waals surface area contributed by atoms with Gasteiger partial charge < -0.3 is 9.15 Å². The van der Waals surface area contributed by atoms with Gasteiger partial charge in [0.25, 0.3) is 0 Å². The molecule has 3 nitrogen and oxygen atoms in total. The molecule has 0 amide bonds. The number of hydrogen-bond acceptors (Lipinski definition) is 3. The highest BCUT2D eigenvalue weighted by atomic mass is 35.5. The monoisotopic (exact) mass is 428 g/mol. The Hall–Kier alpha value is -2.82. The zero-order chi connectivity index (χ0) is 20.5. The molecule has 0 radical (unpaired) electrons. The highest BCUT2D eigenvalue weighted by Crippen LogP contribution is 2.33. The summed E-state index contributed by atoms with van der Waals surface area (Å²) in [5.41, 5.74) is 1.74. The Bertz CT molecular complexity index is 1260. The summed E-state index contributed by atoms with van der Waals surface area (Å²) in [5.74, 6) is -0.176. The molecule has 0 aliphatic rings. The van der Waals surface area contributed by atoms with Gasteiger partial charge >= 0.3 is 0 Å². The van der Waals surface area contributed by atoms with Gasteiger partial charge in [0.15, 0.2) is 5.76 Å². The van der Waals surface area contributed by atoms with Crippen molar-refractivity contribution in [2.45, 2.75) is 13.5 Å². The van der Waals surface area contributed by atoms with E-state index >= 15 is 0 Å². The molecule has 29 heavy (non-hydrogen) atoms. The topological polar surface area (TPSA) is 39.4 Å². The van der Waals surface area contributed by atoms with E-state index in [0.717, 1.165) is 5.56 Å². The maximum Gasteiger partial charge on any atom is 0.235 e. The minimum absolute atomic E-state index is 0.0111. The van der Waals surface area contributed by atoms with Crippen molar-refractivity contribution in [3.63, 3.8) is 0 Å². The second-order valence-corrected chi connectivity index (χ2v) is 7.42. The molecule has 0 atom stereocenters. The first kappa shape index (κ1) is 19.5. The van der Waals surface area contributed by atoms with Crippen LogP contribution in [0.5, 0.6) is 5.75 Å². The number of ether oxygens (including phenoxy) is 1. The van der Waals surface area contributed by atoms with Crippen LogP contribution in [0.1, 0.15) is 11.1 Å². The number of rotatable bonds is 4. The van der Waals surface area contributed by atoms with E-state index in [0.29, 0.717) is 32.1 Å². The Morgan fingerprint density at radius 1 is 1.03 bits per heavy atom. The first-order valence-corrected chi connectivity index (χ1v) is 9.59. The van der Waals surface area contributed by atoms with Crippen LogP contribution in [0, 0.1) is 12.7 Å². The van der Waals surface area contributed by atoms with Gasteiger partial charge in [-0.1, -0.05) is 41.4 Å². The molecule has 0 spiro atoms. The van der Waals surface area contributed by atoms with Crippen LogP contribution in [-0.2, 0) is 6.61 Å². The van der Waals surface area contributed by atoms with Crippen LogP contribution >= 0.6 is 23.2 Å². The quantitative estimate of drug-likeness (QED) is 0.359. The summed E-state index contributed by atoms with van der Waals surface area (Å²) < 4.78 is 25.8. The largest absolute Gasteiger partial charge is 0.481 e. The number of fused-ring (bicyclic) bond motifs is 1. The summed E-state index contributed by atoms with van der Waals surface area (Å²) in [6.07, 6.45) is 0. The number of halogens is 3. The second-order valence-electron chi connectivity index (χ2n) is 6.57.